The molecule has 1 aliphatic rings. The van der Waals surface area contributed by atoms with Crippen LogP contribution in [0.25, 0.3) is 6.08 Å². The molecule has 2 N–H and O–H groups in total. The highest BCUT2D eigenvalue weighted by atomic mass is 16.6. The molecular weight excluding hydrogens is 290 g/mol. The van der Waals surface area contributed by atoms with Crippen LogP contribution in [0.5, 0.6) is 0 Å². The van der Waals surface area contributed by atoms with Crippen molar-refractivity contribution in [2.45, 2.75) is 0 Å². The summed E-state index contributed by atoms with van der Waals surface area (Å²) >= 11 is 0. The Morgan fingerprint density at radius 2 is 1.70 bits per heavy atom. The number of carbonyl (C=O) groups excluding carboxylic acids is 1. The predicted octanol–water partition coefficient (Wildman–Crippen LogP) is 2.68. The van der Waals surface area contributed by atoms with E-state index in [1.807, 2.05) is 43.3 Å². The molecule has 23 heavy (non-hydrogen) atoms. The highest BCUT2D eigenvalue weighted by molar-refractivity contribution is 6.12. The van der Waals surface area contributed by atoms with Crippen LogP contribution in [-0.2, 0) is 9.53 Å². The number of carbonyl (C=O) groups is 1. The molecule has 0 radical (unpaired) electrons. The zero-order valence-corrected chi connectivity index (χ0v) is 13.0. The normalized spacial score (nSPS) is 15.5. The van der Waals surface area contributed by atoms with E-state index in [-0.39, 0.29) is 5.70 Å². The summed E-state index contributed by atoms with van der Waals surface area (Å²) in [5.74, 6) is -0.153. The lowest BCUT2D eigenvalue weighted by molar-refractivity contribution is -0.129. The molecule has 5 heteroatoms. The molecule has 0 spiro atoms. The maximum Gasteiger partial charge on any atom is 0.363 e. The maximum absolute atomic E-state index is 12.0. The molecule has 0 aromatic heterocycles. The van der Waals surface area contributed by atoms with Gasteiger partial charge in [-0.3, -0.25) is 0 Å². The molecule has 5 nitrogen and oxygen atoms in total. The maximum atomic E-state index is 12.0. The highest BCUT2D eigenvalue weighted by Crippen LogP contribution is 2.21. The van der Waals surface area contributed by atoms with Crippen LogP contribution in [0.2, 0.25) is 0 Å². The van der Waals surface area contributed by atoms with Gasteiger partial charge in [-0.2, -0.15) is 0 Å². The van der Waals surface area contributed by atoms with Crippen molar-refractivity contribution in [3.63, 3.8) is 0 Å². The van der Waals surface area contributed by atoms with Crippen molar-refractivity contribution >= 4 is 29.3 Å². The Balaban J connectivity index is 1.87. The number of ether oxygens (including phenoxy) is 1. The second-order valence-corrected chi connectivity index (χ2v) is 5.44. The summed E-state index contributed by atoms with van der Waals surface area (Å²) < 4.78 is 5.23. The summed E-state index contributed by atoms with van der Waals surface area (Å²) in [7, 11) is 3.95. The first-order valence-corrected chi connectivity index (χ1v) is 7.19. The number of hydrogen-bond donors (Lipinski definition) is 1. The lowest BCUT2D eigenvalue weighted by Crippen LogP contribution is -2.08. The van der Waals surface area contributed by atoms with Gasteiger partial charge in [0.05, 0.1) is 0 Å². The van der Waals surface area contributed by atoms with Crippen LogP contribution in [-0.4, -0.2) is 26.0 Å². The van der Waals surface area contributed by atoms with E-state index in [0.29, 0.717) is 11.6 Å². The Bertz CT molecular complexity index is 788. The van der Waals surface area contributed by atoms with Gasteiger partial charge in [0.1, 0.15) is 0 Å². The smallest absolute Gasteiger partial charge is 0.363 e. The number of nitrogens with zero attached hydrogens (tertiary/aromatic N) is 2. The molecule has 2 aromatic rings. The number of anilines is 2. The fraction of sp³-hybridized carbons (Fsp3) is 0.111. The molecule has 0 saturated heterocycles. The summed E-state index contributed by atoms with van der Waals surface area (Å²) in [4.78, 5) is 18.3. The Morgan fingerprint density at radius 1 is 1.04 bits per heavy atom. The molecule has 0 aliphatic carbocycles. The number of aliphatic imine (C=N–C) groups is 1. The van der Waals surface area contributed by atoms with E-state index < -0.39 is 5.97 Å². The molecular formula is C18H17N3O2. The van der Waals surface area contributed by atoms with E-state index in [1.165, 1.54) is 0 Å². The molecule has 0 unspecified atom stereocenters. The fourth-order valence-electron chi connectivity index (χ4n) is 2.18. The molecule has 0 fully saturated rings. The first kappa shape index (κ1) is 14.8. The third kappa shape index (κ3) is 3.23. The van der Waals surface area contributed by atoms with Gasteiger partial charge in [-0.25, -0.2) is 9.79 Å². The van der Waals surface area contributed by atoms with Crippen molar-refractivity contribution < 1.29 is 9.53 Å². The van der Waals surface area contributed by atoms with Crippen LogP contribution < -0.4 is 10.6 Å². The van der Waals surface area contributed by atoms with Gasteiger partial charge in [0.15, 0.2) is 5.70 Å². The molecule has 0 bridgehead atoms. The van der Waals surface area contributed by atoms with Gasteiger partial charge in [-0.05, 0) is 48.0 Å². The van der Waals surface area contributed by atoms with Crippen molar-refractivity contribution in [2.75, 3.05) is 24.7 Å². The number of nitrogen functional groups attached to an aromatic ring is 1. The summed E-state index contributed by atoms with van der Waals surface area (Å²) in [6, 6.07) is 14.9. The quantitative estimate of drug-likeness (QED) is 0.538. The van der Waals surface area contributed by atoms with E-state index in [0.717, 1.165) is 16.8 Å². The number of esters is 1. The number of rotatable bonds is 3. The number of hydrogen-bond acceptors (Lipinski definition) is 5. The molecule has 3 rings (SSSR count). The predicted molar refractivity (Wildman–Crippen MR) is 92.2 cm³/mol. The van der Waals surface area contributed by atoms with Crippen LogP contribution in [0.3, 0.4) is 0 Å². The van der Waals surface area contributed by atoms with Crippen molar-refractivity contribution in [1.82, 2.24) is 0 Å². The van der Waals surface area contributed by atoms with E-state index in [4.69, 9.17) is 10.5 Å². The van der Waals surface area contributed by atoms with Gasteiger partial charge in [0.25, 0.3) is 0 Å². The molecule has 1 heterocycles. The zero-order chi connectivity index (χ0) is 16.4. The minimum Gasteiger partial charge on any atom is -0.402 e. The molecule has 116 valence electrons. The van der Waals surface area contributed by atoms with Crippen molar-refractivity contribution in [2.24, 2.45) is 4.99 Å². The van der Waals surface area contributed by atoms with Crippen LogP contribution in [0.15, 0.2) is 59.2 Å². The first-order valence-electron chi connectivity index (χ1n) is 7.19. The number of nitrogens with two attached hydrogens (primary N) is 1. The molecule has 0 atom stereocenters. The monoisotopic (exact) mass is 307 g/mol. The standard InChI is InChI=1S/C18H17N3O2/c1-21(2)15-9-3-12(4-10-15)11-16-18(22)23-17(20-16)13-5-7-14(19)8-6-13/h3-11H,19H2,1-2H3/b16-11+. The summed E-state index contributed by atoms with van der Waals surface area (Å²) in [5.41, 5.74) is 9.29. The van der Waals surface area contributed by atoms with Gasteiger partial charge >= 0.3 is 5.97 Å². The first-order chi connectivity index (χ1) is 11.0. The second-order valence-electron chi connectivity index (χ2n) is 5.44. The summed E-state index contributed by atoms with van der Waals surface area (Å²) in [6.45, 7) is 0. The Hall–Kier alpha value is -3.08. The van der Waals surface area contributed by atoms with Gasteiger partial charge < -0.3 is 15.4 Å². The Labute approximate surface area is 134 Å². The summed E-state index contributed by atoms with van der Waals surface area (Å²) in [5, 5.41) is 0. The molecule has 0 amide bonds. The molecule has 0 saturated carbocycles. The zero-order valence-electron chi connectivity index (χ0n) is 13.0. The van der Waals surface area contributed by atoms with Gasteiger partial charge in [0.2, 0.25) is 5.90 Å². The van der Waals surface area contributed by atoms with E-state index in [2.05, 4.69) is 4.99 Å². The average molecular weight is 307 g/mol. The van der Waals surface area contributed by atoms with E-state index >= 15 is 0 Å². The van der Waals surface area contributed by atoms with E-state index in [9.17, 15) is 4.79 Å². The third-order valence-corrected chi connectivity index (χ3v) is 3.49. The second kappa shape index (κ2) is 5.96. The van der Waals surface area contributed by atoms with Crippen molar-refractivity contribution in [1.29, 1.82) is 0 Å². The lowest BCUT2D eigenvalue weighted by atomic mass is 10.1. The van der Waals surface area contributed by atoms with Crippen molar-refractivity contribution in [3.05, 3.63) is 65.4 Å². The summed E-state index contributed by atoms with van der Waals surface area (Å²) in [6.07, 6.45) is 1.71. The topological polar surface area (TPSA) is 67.9 Å². The minimum absolute atomic E-state index is 0.287. The third-order valence-electron chi connectivity index (χ3n) is 3.49. The lowest BCUT2D eigenvalue weighted by Gasteiger charge is -2.11. The van der Waals surface area contributed by atoms with E-state index in [1.54, 1.807) is 30.3 Å². The van der Waals surface area contributed by atoms with Gasteiger partial charge in [-0.1, -0.05) is 12.1 Å². The van der Waals surface area contributed by atoms with Crippen LogP contribution >= 0.6 is 0 Å². The van der Waals surface area contributed by atoms with Crippen LogP contribution in [0.4, 0.5) is 11.4 Å². The van der Waals surface area contributed by atoms with Crippen LogP contribution in [0.1, 0.15) is 11.1 Å². The fourth-order valence-corrected chi connectivity index (χ4v) is 2.18. The highest BCUT2D eigenvalue weighted by Gasteiger charge is 2.23. The number of cyclic esters (lactones) is 1. The average Bonchev–Trinajstić information content (AvgIpc) is 2.89. The Kier molecular flexibility index (Phi) is 3.85. The van der Waals surface area contributed by atoms with Gasteiger partial charge in [-0.15, -0.1) is 0 Å². The van der Waals surface area contributed by atoms with Gasteiger partial charge in [0, 0.05) is 31.0 Å². The SMILES string of the molecule is CN(C)c1ccc(/C=C2/N=C(c3ccc(N)cc3)OC2=O)cc1. The largest absolute Gasteiger partial charge is 0.402 e. The number of benzene rings is 2. The van der Waals surface area contributed by atoms with Crippen molar-refractivity contribution in [3.8, 4) is 0 Å². The Morgan fingerprint density at radius 3 is 2.30 bits per heavy atom. The van der Waals surface area contributed by atoms with Crippen LogP contribution in [0, 0.1) is 0 Å². The molecule has 2 aromatic carbocycles. The molecule has 1 aliphatic heterocycles. The minimum atomic E-state index is -0.450.